The number of dihydropyridines is 1. The van der Waals surface area contributed by atoms with Gasteiger partial charge in [0.25, 0.3) is 5.69 Å². The third-order valence-electron chi connectivity index (χ3n) is 7.18. The Morgan fingerprint density at radius 2 is 1.78 bits per heavy atom. The van der Waals surface area contributed by atoms with Gasteiger partial charge in [-0.1, -0.05) is 24.3 Å². The molecule has 2 unspecified atom stereocenters. The second kappa shape index (κ2) is 19.2. The summed E-state index contributed by atoms with van der Waals surface area (Å²) >= 11 is 0. The first-order valence-electron chi connectivity index (χ1n) is 15.3. The van der Waals surface area contributed by atoms with Gasteiger partial charge in [-0.05, 0) is 44.0 Å². The van der Waals surface area contributed by atoms with Crippen LogP contribution in [0.5, 0.6) is 11.5 Å². The van der Waals surface area contributed by atoms with Crippen molar-refractivity contribution in [3.63, 3.8) is 0 Å². The number of carbonyl (C=O) groups excluding carboxylic acids is 3. The summed E-state index contributed by atoms with van der Waals surface area (Å²) < 4.78 is 26.2. The summed E-state index contributed by atoms with van der Waals surface area (Å²) in [6, 6.07) is 14.4. The van der Waals surface area contributed by atoms with E-state index in [2.05, 4.69) is 16.0 Å². The highest BCUT2D eigenvalue weighted by molar-refractivity contribution is 6.00. The summed E-state index contributed by atoms with van der Waals surface area (Å²) in [4.78, 5) is 48.9. The van der Waals surface area contributed by atoms with Crippen LogP contribution in [-0.4, -0.2) is 87.8 Å². The fraction of sp³-hybridized carbons (Fsp3) is 0.394. The highest BCUT2D eigenvalue weighted by Gasteiger charge is 2.39. The second-order valence-corrected chi connectivity index (χ2v) is 10.6. The molecule has 2 atom stereocenters. The Balaban J connectivity index is 1.41. The molecule has 1 heterocycles. The van der Waals surface area contributed by atoms with Gasteiger partial charge in [-0.15, -0.1) is 0 Å². The predicted molar refractivity (Wildman–Crippen MR) is 173 cm³/mol. The van der Waals surface area contributed by atoms with Gasteiger partial charge in [-0.25, -0.2) is 14.4 Å². The summed E-state index contributed by atoms with van der Waals surface area (Å²) in [6.07, 6.45) is -0.215. The number of alkyl carbamates (subject to hydrolysis) is 1. The molecule has 0 aliphatic carbocycles. The third kappa shape index (κ3) is 10.9. The Morgan fingerprint density at radius 1 is 1.02 bits per heavy atom. The molecule has 0 saturated heterocycles. The molecule has 0 saturated carbocycles. The van der Waals surface area contributed by atoms with Crippen molar-refractivity contribution in [1.82, 2.24) is 16.0 Å². The Kier molecular flexibility index (Phi) is 14.8. The van der Waals surface area contributed by atoms with Crippen LogP contribution in [0.1, 0.15) is 31.2 Å². The van der Waals surface area contributed by atoms with E-state index in [1.165, 1.54) is 31.2 Å². The highest BCUT2D eigenvalue weighted by Crippen LogP contribution is 2.40. The first kappa shape index (κ1) is 37.8. The summed E-state index contributed by atoms with van der Waals surface area (Å²) in [7, 11) is 2.65. The van der Waals surface area contributed by atoms with Crippen molar-refractivity contribution in [3.05, 3.63) is 86.7 Å². The van der Waals surface area contributed by atoms with Crippen LogP contribution in [0.2, 0.25) is 0 Å². The number of non-ortho nitro benzene ring substituents is 1. The van der Waals surface area contributed by atoms with Crippen LogP contribution in [0.3, 0.4) is 0 Å². The van der Waals surface area contributed by atoms with Crippen molar-refractivity contribution in [2.75, 3.05) is 53.7 Å². The zero-order chi connectivity index (χ0) is 35.8. The lowest BCUT2D eigenvalue weighted by Gasteiger charge is -2.29. The largest absolute Gasteiger partial charge is 0.493 e. The maximum atomic E-state index is 13.3. The zero-order valence-corrected chi connectivity index (χ0v) is 27.4. The van der Waals surface area contributed by atoms with Crippen molar-refractivity contribution >= 4 is 23.7 Å². The molecule has 2 aromatic rings. The van der Waals surface area contributed by atoms with E-state index in [-0.39, 0.29) is 60.2 Å². The lowest BCUT2D eigenvalue weighted by atomic mass is 9.80. The molecule has 0 aromatic heterocycles. The van der Waals surface area contributed by atoms with Gasteiger partial charge in [0.15, 0.2) is 11.5 Å². The number of hydrogen-bond acceptors (Lipinski definition) is 14. The molecule has 2 aromatic carbocycles. The summed E-state index contributed by atoms with van der Waals surface area (Å²) in [6.45, 7) is 2.26. The number of unbranched alkanes of at least 4 members (excludes halogenated alkanes) is 1. The molecular weight excluding hydrogens is 642 g/mol. The number of benzene rings is 2. The van der Waals surface area contributed by atoms with E-state index in [1.807, 2.05) is 18.2 Å². The van der Waals surface area contributed by atoms with Crippen molar-refractivity contribution in [3.8, 4) is 17.6 Å². The van der Waals surface area contributed by atoms with Gasteiger partial charge >= 0.3 is 18.0 Å². The van der Waals surface area contributed by atoms with Gasteiger partial charge in [0.1, 0.15) is 31.1 Å². The standard InChI is InChI=1S/C33H39N5O11/c1-21-28(29(22-9-8-10-23(17-22)38(43)44)30(31(40)46-3)25(18-34)37-21)32(41)47-16-14-36-33(42)48-15-7-6-13-35-19-24(39)20-49-27-12-5-4-11-26(27)45-2/h4-5,8-12,17,24,29,35,37,39H,6-7,13-16,19-20H2,1-3H3,(H,36,42). The molecule has 1 aliphatic rings. The van der Waals surface area contributed by atoms with Gasteiger partial charge in [-0.2, -0.15) is 5.26 Å². The fourth-order valence-electron chi connectivity index (χ4n) is 4.86. The SMILES string of the molecule is COC(=O)C1=C(C#N)NC(C)=C(C(=O)OCCNC(=O)OCCCCNCC(O)COc2ccccc2OC)C1c1cccc([N+](=O)[O-])c1. The number of ether oxygens (including phenoxy) is 5. The lowest BCUT2D eigenvalue weighted by molar-refractivity contribution is -0.384. The van der Waals surface area contributed by atoms with Crippen LogP contribution < -0.4 is 25.4 Å². The topological polar surface area (TPSA) is 221 Å². The fourth-order valence-corrected chi connectivity index (χ4v) is 4.86. The maximum Gasteiger partial charge on any atom is 0.407 e. The number of nitriles is 1. The number of nitrogens with one attached hydrogen (secondary N) is 3. The molecule has 262 valence electrons. The number of nitro benzene ring substituents is 1. The Bertz CT molecular complexity index is 1600. The van der Waals surface area contributed by atoms with Crippen LogP contribution in [0.15, 0.2) is 71.1 Å². The zero-order valence-electron chi connectivity index (χ0n) is 27.4. The monoisotopic (exact) mass is 681 g/mol. The first-order valence-corrected chi connectivity index (χ1v) is 15.3. The molecule has 1 amide bonds. The van der Waals surface area contributed by atoms with Gasteiger partial charge < -0.3 is 44.7 Å². The molecule has 49 heavy (non-hydrogen) atoms. The van der Waals surface area contributed by atoms with E-state index < -0.39 is 35.0 Å². The number of carbonyl (C=O) groups is 3. The van der Waals surface area contributed by atoms with E-state index in [1.54, 1.807) is 19.2 Å². The predicted octanol–water partition coefficient (Wildman–Crippen LogP) is 2.59. The number of amides is 1. The number of aliphatic hydroxyl groups excluding tert-OH is 1. The number of esters is 2. The van der Waals surface area contributed by atoms with E-state index in [0.717, 1.165) is 7.11 Å². The third-order valence-corrected chi connectivity index (χ3v) is 7.18. The molecule has 16 nitrogen and oxygen atoms in total. The summed E-state index contributed by atoms with van der Waals surface area (Å²) in [5.74, 6) is -1.88. The second-order valence-electron chi connectivity index (χ2n) is 10.6. The van der Waals surface area contributed by atoms with Gasteiger partial charge in [0.2, 0.25) is 0 Å². The van der Waals surface area contributed by atoms with Crippen LogP contribution in [-0.2, 0) is 23.8 Å². The van der Waals surface area contributed by atoms with Crippen molar-refractivity contribution in [2.24, 2.45) is 0 Å². The number of nitro groups is 1. The van der Waals surface area contributed by atoms with Crippen LogP contribution in [0.25, 0.3) is 0 Å². The molecule has 0 fully saturated rings. The molecule has 0 spiro atoms. The number of aliphatic hydroxyl groups is 1. The minimum absolute atomic E-state index is 0.0625. The Labute approximate surface area is 282 Å². The number of nitrogens with zero attached hydrogens (tertiary/aromatic N) is 2. The van der Waals surface area contributed by atoms with Crippen LogP contribution in [0, 0.1) is 21.4 Å². The lowest BCUT2D eigenvalue weighted by Crippen LogP contribution is -2.34. The maximum absolute atomic E-state index is 13.3. The van der Waals surface area contributed by atoms with E-state index in [9.17, 15) is 34.9 Å². The Morgan fingerprint density at radius 3 is 2.47 bits per heavy atom. The van der Waals surface area contributed by atoms with E-state index in [0.29, 0.717) is 37.4 Å². The number of para-hydroxylation sites is 2. The molecular formula is C33H39N5O11. The molecule has 0 bridgehead atoms. The molecule has 1 aliphatic heterocycles. The number of hydrogen-bond donors (Lipinski definition) is 4. The molecule has 0 radical (unpaired) electrons. The summed E-state index contributed by atoms with van der Waals surface area (Å²) in [5.41, 5.74) is -0.343. The van der Waals surface area contributed by atoms with Crippen LogP contribution >= 0.6 is 0 Å². The minimum Gasteiger partial charge on any atom is -0.493 e. The average Bonchev–Trinajstić information content (AvgIpc) is 3.11. The van der Waals surface area contributed by atoms with E-state index >= 15 is 0 Å². The van der Waals surface area contributed by atoms with E-state index in [4.69, 9.17) is 23.7 Å². The first-order chi connectivity index (χ1) is 23.6. The summed E-state index contributed by atoms with van der Waals surface area (Å²) in [5, 5.41) is 39.6. The molecule has 4 N–H and O–H groups in total. The number of allylic oxidation sites excluding steroid dienone is 2. The minimum atomic E-state index is -1.21. The quantitative estimate of drug-likeness (QED) is 0.0584. The number of rotatable bonds is 18. The smallest absolute Gasteiger partial charge is 0.407 e. The average molecular weight is 682 g/mol. The number of methoxy groups -OCH3 is 2. The van der Waals surface area contributed by atoms with Gasteiger partial charge in [0.05, 0.1) is 49.4 Å². The van der Waals surface area contributed by atoms with Crippen molar-refractivity contribution in [1.29, 1.82) is 5.26 Å². The molecule has 16 heteroatoms. The highest BCUT2D eigenvalue weighted by atomic mass is 16.6. The van der Waals surface area contributed by atoms with Gasteiger partial charge in [0, 0.05) is 24.4 Å². The molecule has 3 rings (SSSR count). The van der Waals surface area contributed by atoms with Crippen molar-refractivity contribution in [2.45, 2.75) is 31.8 Å². The van der Waals surface area contributed by atoms with Gasteiger partial charge in [-0.3, -0.25) is 10.1 Å². The normalized spacial score (nSPS) is 14.6. The van der Waals surface area contributed by atoms with Crippen molar-refractivity contribution < 1.29 is 48.1 Å². The Hall–Kier alpha value is -5.66. The van der Waals surface area contributed by atoms with Crippen LogP contribution in [0.4, 0.5) is 10.5 Å².